The molecule has 0 aliphatic heterocycles. The van der Waals surface area contributed by atoms with E-state index in [1.54, 1.807) is 12.4 Å². The minimum Gasteiger partial charge on any atom is -0.591 e. The summed E-state index contributed by atoms with van der Waals surface area (Å²) in [5, 5.41) is 0.889. The van der Waals surface area contributed by atoms with E-state index in [1.807, 2.05) is 46.0 Å². The Balaban J connectivity index is 2.13. The lowest BCUT2D eigenvalue weighted by Crippen LogP contribution is -2.25. The van der Waals surface area contributed by atoms with Crippen LogP contribution in [0.2, 0.25) is 0 Å². The maximum absolute atomic E-state index is 11.8. The van der Waals surface area contributed by atoms with Gasteiger partial charge in [0.05, 0.1) is 11.1 Å². The van der Waals surface area contributed by atoms with Gasteiger partial charge >= 0.3 is 0 Å². The molecule has 0 amide bonds. The molecule has 0 fully saturated rings. The van der Waals surface area contributed by atoms with Crippen LogP contribution in [0.4, 0.5) is 0 Å². The van der Waals surface area contributed by atoms with Gasteiger partial charge in [0, 0.05) is 23.7 Å². The highest BCUT2D eigenvalue weighted by molar-refractivity contribution is 7.91. The van der Waals surface area contributed by atoms with Crippen LogP contribution in [0.25, 0.3) is 10.6 Å². The second-order valence-corrected chi connectivity index (χ2v) is 8.35. The van der Waals surface area contributed by atoms with E-state index in [0.29, 0.717) is 0 Å². The fraction of sp³-hybridized carbons (Fsp3) is 0.357. The molecule has 0 aliphatic carbocycles. The van der Waals surface area contributed by atoms with Gasteiger partial charge in [0.1, 0.15) is 21.1 Å². The summed E-state index contributed by atoms with van der Waals surface area (Å²) < 4.78 is 15.6. The largest absolute Gasteiger partial charge is 0.591 e. The van der Waals surface area contributed by atoms with Gasteiger partial charge < -0.3 is 4.55 Å². The van der Waals surface area contributed by atoms with Gasteiger partial charge in [-0.05, 0) is 39.8 Å². The molecular weight excluding hydrogens is 290 g/mol. The summed E-state index contributed by atoms with van der Waals surface area (Å²) in [5.74, 6) is 0. The molecule has 106 valence electrons. The van der Waals surface area contributed by atoms with Gasteiger partial charge in [-0.1, -0.05) is 4.40 Å². The van der Waals surface area contributed by atoms with Gasteiger partial charge in [-0.3, -0.25) is 4.98 Å². The van der Waals surface area contributed by atoms with Crippen LogP contribution in [0.15, 0.2) is 28.9 Å². The Labute approximate surface area is 126 Å². The molecule has 0 aliphatic rings. The molecule has 4 nitrogen and oxygen atoms in total. The van der Waals surface area contributed by atoms with Gasteiger partial charge in [0.15, 0.2) is 0 Å². The van der Waals surface area contributed by atoms with Crippen molar-refractivity contribution in [3.63, 3.8) is 0 Å². The predicted octanol–water partition coefficient (Wildman–Crippen LogP) is 3.39. The number of nitrogens with zero attached hydrogens (tertiary/aromatic N) is 3. The van der Waals surface area contributed by atoms with Crippen molar-refractivity contribution in [3.05, 3.63) is 35.1 Å². The molecule has 0 radical (unpaired) electrons. The van der Waals surface area contributed by atoms with Gasteiger partial charge in [-0.15, -0.1) is 11.3 Å². The van der Waals surface area contributed by atoms with E-state index in [9.17, 15) is 4.55 Å². The molecule has 0 N–H and O–H groups in total. The van der Waals surface area contributed by atoms with Crippen molar-refractivity contribution in [2.45, 2.75) is 32.4 Å². The first-order valence-corrected chi connectivity index (χ1v) is 8.13. The van der Waals surface area contributed by atoms with Crippen LogP contribution in [0.5, 0.6) is 0 Å². The van der Waals surface area contributed by atoms with Gasteiger partial charge in [-0.25, -0.2) is 4.98 Å². The first-order chi connectivity index (χ1) is 9.36. The molecule has 0 aromatic carbocycles. The second kappa shape index (κ2) is 6.03. The number of thiazole rings is 1. The third-order valence-corrected chi connectivity index (χ3v) is 4.81. The molecule has 0 saturated heterocycles. The van der Waals surface area contributed by atoms with Crippen LogP contribution < -0.4 is 0 Å². The lowest BCUT2D eigenvalue weighted by Gasteiger charge is -2.17. The predicted molar refractivity (Wildman–Crippen MR) is 85.6 cm³/mol. The Bertz CT molecular complexity index is 600. The molecule has 0 bridgehead atoms. The van der Waals surface area contributed by atoms with Crippen molar-refractivity contribution in [2.24, 2.45) is 4.40 Å². The van der Waals surface area contributed by atoms with Gasteiger partial charge in [0.2, 0.25) is 0 Å². The van der Waals surface area contributed by atoms with Crippen molar-refractivity contribution >= 4 is 28.9 Å². The number of aryl methyl sites for hydroxylation is 1. The lowest BCUT2D eigenvalue weighted by atomic mass is 10.3. The van der Waals surface area contributed by atoms with Crippen LogP contribution in [0.1, 0.15) is 31.3 Å². The van der Waals surface area contributed by atoms with Crippen LogP contribution in [0.3, 0.4) is 0 Å². The third kappa shape index (κ3) is 3.88. The van der Waals surface area contributed by atoms with E-state index >= 15 is 0 Å². The van der Waals surface area contributed by atoms with Crippen molar-refractivity contribution in [3.8, 4) is 10.6 Å². The summed E-state index contributed by atoms with van der Waals surface area (Å²) >= 11 is 0.269. The van der Waals surface area contributed by atoms with Crippen LogP contribution in [0, 0.1) is 6.92 Å². The van der Waals surface area contributed by atoms with Crippen LogP contribution in [-0.4, -0.2) is 25.5 Å². The van der Waals surface area contributed by atoms with Crippen LogP contribution >= 0.6 is 11.3 Å². The lowest BCUT2D eigenvalue weighted by molar-refractivity contribution is 0.562. The molecule has 2 rings (SSSR count). The van der Waals surface area contributed by atoms with Crippen molar-refractivity contribution < 1.29 is 4.55 Å². The molecule has 2 aromatic rings. The highest BCUT2D eigenvalue weighted by Gasteiger charge is 2.25. The average Bonchev–Trinajstić information content (AvgIpc) is 2.84. The normalized spacial score (nSPS) is 13.8. The maximum atomic E-state index is 11.8. The summed E-state index contributed by atoms with van der Waals surface area (Å²) in [6.45, 7) is 7.65. The Morgan fingerprint density at radius 3 is 2.60 bits per heavy atom. The minimum atomic E-state index is -1.24. The van der Waals surface area contributed by atoms with Crippen LogP contribution in [-0.2, 0) is 11.4 Å². The monoisotopic (exact) mass is 307 g/mol. The summed E-state index contributed by atoms with van der Waals surface area (Å²) in [7, 11) is 0. The fourth-order valence-corrected chi connectivity index (χ4v) is 2.70. The van der Waals surface area contributed by atoms with E-state index in [-0.39, 0.29) is 4.75 Å². The number of rotatable bonds is 3. The van der Waals surface area contributed by atoms with E-state index in [1.165, 1.54) is 11.3 Å². The zero-order valence-corrected chi connectivity index (χ0v) is 13.6. The molecule has 20 heavy (non-hydrogen) atoms. The highest BCUT2D eigenvalue weighted by atomic mass is 32.2. The van der Waals surface area contributed by atoms with E-state index in [4.69, 9.17) is 0 Å². The maximum Gasteiger partial charge on any atom is 0.144 e. The standard InChI is InChI=1S/C14H17N3OS2/c1-10-5-6-11(7-15-10)13-16-8-12(19-13)9-17-20(18)14(2,3)4/h5-9H,1-4H3/t20-/m1/s1. The molecule has 0 saturated carbocycles. The van der Waals surface area contributed by atoms with E-state index in [2.05, 4.69) is 14.4 Å². The average molecular weight is 307 g/mol. The zero-order valence-electron chi connectivity index (χ0n) is 12.0. The topological polar surface area (TPSA) is 61.2 Å². The number of aromatic nitrogens is 2. The third-order valence-electron chi connectivity index (χ3n) is 2.48. The highest BCUT2D eigenvalue weighted by Crippen LogP contribution is 2.24. The molecule has 6 heteroatoms. The fourth-order valence-electron chi connectivity index (χ4n) is 1.33. The number of hydrogen-bond acceptors (Lipinski definition) is 5. The second-order valence-electron chi connectivity index (χ2n) is 5.35. The molecule has 2 aromatic heterocycles. The van der Waals surface area contributed by atoms with E-state index < -0.39 is 11.4 Å². The van der Waals surface area contributed by atoms with Crippen molar-refractivity contribution in [2.75, 3.05) is 0 Å². The quantitative estimate of drug-likeness (QED) is 0.645. The minimum absolute atomic E-state index is 0.342. The van der Waals surface area contributed by atoms with E-state index in [0.717, 1.165) is 21.1 Å². The molecule has 0 spiro atoms. The molecule has 0 unspecified atom stereocenters. The van der Waals surface area contributed by atoms with Crippen molar-refractivity contribution in [1.29, 1.82) is 0 Å². The van der Waals surface area contributed by atoms with Crippen molar-refractivity contribution in [1.82, 2.24) is 9.97 Å². The summed E-state index contributed by atoms with van der Waals surface area (Å²) in [5.41, 5.74) is 1.96. The Morgan fingerprint density at radius 2 is 2.00 bits per heavy atom. The number of pyridine rings is 1. The Kier molecular flexibility index (Phi) is 4.57. The first-order valence-electron chi connectivity index (χ1n) is 6.21. The Hall–Kier alpha value is -1.24. The first kappa shape index (κ1) is 15.2. The summed E-state index contributed by atoms with van der Waals surface area (Å²) in [4.78, 5) is 9.49. The zero-order chi connectivity index (χ0) is 14.8. The summed E-state index contributed by atoms with van der Waals surface area (Å²) in [6.07, 6.45) is 5.18. The summed E-state index contributed by atoms with van der Waals surface area (Å²) in [6, 6.07) is 3.95. The Morgan fingerprint density at radius 1 is 1.25 bits per heavy atom. The SMILES string of the molecule is Cc1ccc(-c2ncc(C=N[S@+]([O-])C(C)(C)C)s2)cn1. The van der Waals surface area contributed by atoms with Gasteiger partial charge in [0.25, 0.3) is 0 Å². The smallest absolute Gasteiger partial charge is 0.144 e. The number of hydrogen-bond donors (Lipinski definition) is 0. The van der Waals surface area contributed by atoms with Gasteiger partial charge in [-0.2, -0.15) is 0 Å². The molecular formula is C14H17N3OS2. The molecule has 1 atom stereocenters. The molecule has 2 heterocycles.